The highest BCUT2D eigenvalue weighted by atomic mass is 35.5. The standard InChI is InChI=1S/C12H18N2O2.ClH/c1-3-16-11-7-5-4-6-10(11)14-12(15)9(2)8-13;/h4-7,9H,3,8,13H2,1-2H3,(H,14,15);1H. The molecule has 0 radical (unpaired) electrons. The molecule has 1 aromatic rings. The van der Waals surface area contributed by atoms with Crippen LogP contribution in [0.15, 0.2) is 24.3 Å². The summed E-state index contributed by atoms with van der Waals surface area (Å²) in [6.07, 6.45) is 0. The van der Waals surface area contributed by atoms with E-state index in [0.29, 0.717) is 24.6 Å². The van der Waals surface area contributed by atoms with Crippen LogP contribution in [0.25, 0.3) is 0 Å². The third-order valence-corrected chi connectivity index (χ3v) is 2.25. The van der Waals surface area contributed by atoms with E-state index in [4.69, 9.17) is 10.5 Å². The van der Waals surface area contributed by atoms with Gasteiger partial charge >= 0.3 is 0 Å². The summed E-state index contributed by atoms with van der Waals surface area (Å²) in [5.41, 5.74) is 6.12. The fourth-order valence-electron chi connectivity index (χ4n) is 1.21. The van der Waals surface area contributed by atoms with Crippen LogP contribution < -0.4 is 15.8 Å². The van der Waals surface area contributed by atoms with Crippen molar-refractivity contribution in [3.05, 3.63) is 24.3 Å². The fourth-order valence-corrected chi connectivity index (χ4v) is 1.21. The summed E-state index contributed by atoms with van der Waals surface area (Å²) in [5, 5.41) is 2.80. The molecule has 0 aliphatic heterocycles. The molecule has 0 bridgehead atoms. The number of benzene rings is 1. The quantitative estimate of drug-likeness (QED) is 0.850. The lowest BCUT2D eigenvalue weighted by Crippen LogP contribution is -2.26. The molecule has 1 rings (SSSR count). The minimum atomic E-state index is -0.199. The van der Waals surface area contributed by atoms with Crippen LogP contribution in [0.1, 0.15) is 13.8 Å². The molecule has 1 amide bonds. The summed E-state index contributed by atoms with van der Waals surface area (Å²) in [6.45, 7) is 4.60. The molecule has 0 saturated carbocycles. The largest absolute Gasteiger partial charge is 0.492 e. The van der Waals surface area contributed by atoms with Crippen LogP contribution in [0.5, 0.6) is 5.75 Å². The zero-order valence-electron chi connectivity index (χ0n) is 10.1. The highest BCUT2D eigenvalue weighted by molar-refractivity contribution is 5.93. The zero-order chi connectivity index (χ0) is 12.0. The van der Waals surface area contributed by atoms with E-state index < -0.39 is 0 Å². The van der Waals surface area contributed by atoms with Gasteiger partial charge in [0.2, 0.25) is 5.91 Å². The topological polar surface area (TPSA) is 64.3 Å². The predicted octanol–water partition coefficient (Wildman–Crippen LogP) is 2.04. The van der Waals surface area contributed by atoms with Gasteiger partial charge in [-0.15, -0.1) is 12.4 Å². The summed E-state index contributed by atoms with van der Waals surface area (Å²) in [5.74, 6) is 0.395. The Bertz CT molecular complexity index is 358. The Morgan fingerprint density at radius 2 is 2.12 bits per heavy atom. The van der Waals surface area contributed by atoms with E-state index in [1.165, 1.54) is 0 Å². The Morgan fingerprint density at radius 3 is 2.71 bits per heavy atom. The van der Waals surface area contributed by atoms with Crippen molar-refractivity contribution in [2.75, 3.05) is 18.5 Å². The van der Waals surface area contributed by atoms with E-state index in [1.54, 1.807) is 6.92 Å². The van der Waals surface area contributed by atoms with E-state index in [9.17, 15) is 4.79 Å². The third kappa shape index (κ3) is 4.63. The van der Waals surface area contributed by atoms with Crippen molar-refractivity contribution >= 4 is 24.0 Å². The first-order chi connectivity index (χ1) is 7.69. The van der Waals surface area contributed by atoms with E-state index in [-0.39, 0.29) is 24.2 Å². The van der Waals surface area contributed by atoms with Gasteiger partial charge in [0.15, 0.2) is 0 Å². The molecule has 1 unspecified atom stereocenters. The van der Waals surface area contributed by atoms with Crippen molar-refractivity contribution in [2.45, 2.75) is 13.8 Å². The number of rotatable bonds is 5. The van der Waals surface area contributed by atoms with Gasteiger partial charge < -0.3 is 15.8 Å². The summed E-state index contributed by atoms with van der Waals surface area (Å²) >= 11 is 0. The van der Waals surface area contributed by atoms with Gasteiger partial charge in [-0.25, -0.2) is 0 Å². The molecule has 3 N–H and O–H groups in total. The van der Waals surface area contributed by atoms with Crippen LogP contribution in [0, 0.1) is 5.92 Å². The second-order valence-corrected chi connectivity index (χ2v) is 3.56. The van der Waals surface area contributed by atoms with Gasteiger partial charge in [-0.3, -0.25) is 4.79 Å². The summed E-state index contributed by atoms with van der Waals surface area (Å²) < 4.78 is 5.41. The van der Waals surface area contributed by atoms with Gasteiger partial charge in [-0.1, -0.05) is 19.1 Å². The van der Waals surface area contributed by atoms with Crippen LogP contribution in [0.2, 0.25) is 0 Å². The van der Waals surface area contributed by atoms with Crippen LogP contribution in [0.4, 0.5) is 5.69 Å². The first-order valence-electron chi connectivity index (χ1n) is 5.41. The molecule has 1 aromatic carbocycles. The minimum absolute atomic E-state index is 0. The Labute approximate surface area is 108 Å². The summed E-state index contributed by atoms with van der Waals surface area (Å²) in [4.78, 5) is 11.7. The Hall–Kier alpha value is -1.26. The van der Waals surface area contributed by atoms with Crippen LogP contribution in [-0.4, -0.2) is 19.1 Å². The predicted molar refractivity (Wildman–Crippen MR) is 71.7 cm³/mol. The number of amides is 1. The van der Waals surface area contributed by atoms with Gasteiger partial charge in [-0.2, -0.15) is 0 Å². The molecule has 96 valence electrons. The first-order valence-corrected chi connectivity index (χ1v) is 5.41. The van der Waals surface area contributed by atoms with Crippen LogP contribution >= 0.6 is 12.4 Å². The van der Waals surface area contributed by atoms with Gasteiger partial charge in [0.05, 0.1) is 12.3 Å². The second kappa shape index (κ2) is 7.92. The molecular formula is C12H19ClN2O2. The Balaban J connectivity index is 0.00000256. The zero-order valence-corrected chi connectivity index (χ0v) is 10.9. The van der Waals surface area contributed by atoms with E-state index in [1.807, 2.05) is 31.2 Å². The number of carbonyl (C=O) groups excluding carboxylic acids is 1. The van der Waals surface area contributed by atoms with Gasteiger partial charge in [0, 0.05) is 12.5 Å². The molecular weight excluding hydrogens is 240 g/mol. The van der Waals surface area contributed by atoms with Crippen LogP contribution in [0.3, 0.4) is 0 Å². The maximum absolute atomic E-state index is 11.7. The molecule has 0 aliphatic carbocycles. The number of halogens is 1. The minimum Gasteiger partial charge on any atom is -0.492 e. The first kappa shape index (κ1) is 15.7. The number of nitrogens with one attached hydrogen (secondary N) is 1. The van der Waals surface area contributed by atoms with Gasteiger partial charge in [0.25, 0.3) is 0 Å². The highest BCUT2D eigenvalue weighted by Gasteiger charge is 2.12. The lowest BCUT2D eigenvalue weighted by molar-refractivity contribution is -0.119. The molecule has 0 aromatic heterocycles. The average molecular weight is 259 g/mol. The maximum Gasteiger partial charge on any atom is 0.228 e. The van der Waals surface area contributed by atoms with Gasteiger partial charge in [-0.05, 0) is 19.1 Å². The summed E-state index contributed by atoms with van der Waals surface area (Å²) in [6, 6.07) is 7.36. The van der Waals surface area contributed by atoms with Crippen molar-refractivity contribution < 1.29 is 9.53 Å². The number of hydrogen-bond donors (Lipinski definition) is 2. The van der Waals surface area contributed by atoms with E-state index >= 15 is 0 Å². The average Bonchev–Trinajstić information content (AvgIpc) is 2.31. The Morgan fingerprint density at radius 1 is 1.47 bits per heavy atom. The molecule has 1 atom stereocenters. The molecule has 0 spiro atoms. The van der Waals surface area contributed by atoms with E-state index in [2.05, 4.69) is 5.32 Å². The molecule has 17 heavy (non-hydrogen) atoms. The number of para-hydroxylation sites is 2. The molecule has 0 aliphatic rings. The number of nitrogens with two attached hydrogens (primary N) is 1. The number of ether oxygens (including phenoxy) is 1. The van der Waals surface area contributed by atoms with Crippen molar-refractivity contribution in [1.82, 2.24) is 0 Å². The highest BCUT2D eigenvalue weighted by Crippen LogP contribution is 2.23. The number of carbonyl (C=O) groups is 1. The smallest absolute Gasteiger partial charge is 0.228 e. The normalized spacial score (nSPS) is 11.2. The second-order valence-electron chi connectivity index (χ2n) is 3.56. The number of anilines is 1. The lowest BCUT2D eigenvalue weighted by atomic mass is 10.1. The SMILES string of the molecule is CCOc1ccccc1NC(=O)C(C)CN.Cl. The Kier molecular flexibility index (Phi) is 7.34. The van der Waals surface area contributed by atoms with Crippen molar-refractivity contribution in [3.8, 4) is 5.75 Å². The van der Waals surface area contributed by atoms with Crippen molar-refractivity contribution in [1.29, 1.82) is 0 Å². The maximum atomic E-state index is 11.7. The lowest BCUT2D eigenvalue weighted by Gasteiger charge is -2.13. The van der Waals surface area contributed by atoms with Gasteiger partial charge in [0.1, 0.15) is 5.75 Å². The van der Waals surface area contributed by atoms with Crippen molar-refractivity contribution in [2.24, 2.45) is 11.7 Å². The number of hydrogen-bond acceptors (Lipinski definition) is 3. The summed E-state index contributed by atoms with van der Waals surface area (Å²) in [7, 11) is 0. The molecule has 0 saturated heterocycles. The molecule has 4 nitrogen and oxygen atoms in total. The van der Waals surface area contributed by atoms with Crippen molar-refractivity contribution in [3.63, 3.8) is 0 Å². The van der Waals surface area contributed by atoms with Crippen LogP contribution in [-0.2, 0) is 4.79 Å². The fraction of sp³-hybridized carbons (Fsp3) is 0.417. The molecule has 0 heterocycles. The molecule has 5 heteroatoms. The monoisotopic (exact) mass is 258 g/mol. The molecule has 0 fully saturated rings. The van der Waals surface area contributed by atoms with E-state index in [0.717, 1.165) is 0 Å². The third-order valence-electron chi connectivity index (χ3n) is 2.25.